The van der Waals surface area contributed by atoms with Crippen molar-refractivity contribution in [2.75, 3.05) is 19.6 Å². The molecule has 3 heterocycles. The van der Waals surface area contributed by atoms with Crippen LogP contribution in [0.4, 0.5) is 0 Å². The van der Waals surface area contributed by atoms with E-state index >= 15 is 0 Å². The number of nitrogens with one attached hydrogen (secondary N) is 1. The minimum Gasteiger partial charge on any atom is -0.353 e. The highest BCUT2D eigenvalue weighted by atomic mass is 32.1. The molecule has 21 heavy (non-hydrogen) atoms. The van der Waals surface area contributed by atoms with Gasteiger partial charge in [0.25, 0.3) is 0 Å². The fourth-order valence-corrected chi connectivity index (χ4v) is 4.14. The molecule has 1 aromatic rings. The molecule has 1 amide bonds. The molecule has 112 valence electrons. The number of nitrogens with zero attached hydrogens (tertiary/aromatic N) is 1. The molecule has 5 heteroatoms. The summed E-state index contributed by atoms with van der Waals surface area (Å²) in [5, 5.41) is 3.14. The highest BCUT2D eigenvalue weighted by Gasteiger charge is 2.33. The summed E-state index contributed by atoms with van der Waals surface area (Å²) in [6, 6.07) is 4.65. The number of likely N-dealkylation sites (tertiary alicyclic amines) is 1. The van der Waals surface area contributed by atoms with Gasteiger partial charge in [0, 0.05) is 37.0 Å². The molecule has 0 radical (unpaired) electrons. The number of fused-ring (bicyclic) bond motifs is 1. The van der Waals surface area contributed by atoms with Crippen molar-refractivity contribution in [2.45, 2.75) is 31.8 Å². The zero-order valence-electron chi connectivity index (χ0n) is 12.1. The largest absolute Gasteiger partial charge is 0.353 e. The zero-order chi connectivity index (χ0) is 14.7. The lowest BCUT2D eigenvalue weighted by Gasteiger charge is -2.41. The molecule has 2 aliphatic rings. The molecule has 0 spiro atoms. The second-order valence-electron chi connectivity index (χ2n) is 5.77. The molecule has 2 unspecified atom stereocenters. The minimum atomic E-state index is 0.228. The Balaban J connectivity index is 1.56. The van der Waals surface area contributed by atoms with Crippen LogP contribution in [0, 0.1) is 17.8 Å². The average Bonchev–Trinajstić information content (AvgIpc) is 2.93. The monoisotopic (exact) mass is 303 g/mol. The number of carbonyl (C=O) groups is 1. The van der Waals surface area contributed by atoms with E-state index in [4.69, 9.17) is 5.73 Å². The highest BCUT2D eigenvalue weighted by molar-refractivity contribution is 7.12. The average molecular weight is 303 g/mol. The second kappa shape index (κ2) is 6.61. The topological polar surface area (TPSA) is 58.4 Å². The molecule has 0 bridgehead atoms. The number of amides is 1. The van der Waals surface area contributed by atoms with Gasteiger partial charge in [-0.05, 0) is 30.9 Å². The summed E-state index contributed by atoms with van der Waals surface area (Å²) >= 11 is 1.76. The molecule has 2 fully saturated rings. The number of rotatable bonds is 2. The Hall–Kier alpha value is -1.35. The first-order valence-electron chi connectivity index (χ1n) is 7.54. The summed E-state index contributed by atoms with van der Waals surface area (Å²) < 4.78 is 0. The molecular formula is C16H21N3OS. The number of carbonyl (C=O) groups excluding carboxylic acids is 1. The fourth-order valence-electron chi connectivity index (χ4n) is 3.22. The maximum absolute atomic E-state index is 11.4. The van der Waals surface area contributed by atoms with Crippen LogP contribution in [0.5, 0.6) is 0 Å². The number of hydrogen-bond donors (Lipinski definition) is 2. The maximum Gasteiger partial charge on any atom is 0.220 e. The second-order valence-corrected chi connectivity index (χ2v) is 6.94. The Labute approximate surface area is 129 Å². The molecular weight excluding hydrogens is 282 g/mol. The molecule has 0 aliphatic carbocycles. The summed E-state index contributed by atoms with van der Waals surface area (Å²) in [5.41, 5.74) is 5.40. The summed E-state index contributed by atoms with van der Waals surface area (Å²) in [6.45, 7) is 3.55. The SMILES string of the molecule is NCC#Cc1ccc(CN2CCC3NC(=O)CCC3C2)s1. The van der Waals surface area contributed by atoms with Gasteiger partial charge in [-0.2, -0.15) is 0 Å². The van der Waals surface area contributed by atoms with Gasteiger partial charge < -0.3 is 11.1 Å². The zero-order valence-corrected chi connectivity index (χ0v) is 12.9. The van der Waals surface area contributed by atoms with Crippen LogP contribution in [-0.2, 0) is 11.3 Å². The van der Waals surface area contributed by atoms with Gasteiger partial charge in [0.15, 0.2) is 0 Å². The van der Waals surface area contributed by atoms with Crippen molar-refractivity contribution in [1.29, 1.82) is 0 Å². The summed E-state index contributed by atoms with van der Waals surface area (Å²) in [7, 11) is 0. The van der Waals surface area contributed by atoms with E-state index in [2.05, 4.69) is 34.2 Å². The minimum absolute atomic E-state index is 0.228. The molecule has 2 atom stereocenters. The molecule has 0 aromatic carbocycles. The smallest absolute Gasteiger partial charge is 0.220 e. The lowest BCUT2D eigenvalue weighted by atomic mass is 9.85. The Morgan fingerprint density at radius 1 is 1.43 bits per heavy atom. The van der Waals surface area contributed by atoms with Crippen LogP contribution in [0.2, 0.25) is 0 Å². The van der Waals surface area contributed by atoms with Gasteiger partial charge in [0.1, 0.15) is 0 Å². The van der Waals surface area contributed by atoms with Crippen LogP contribution < -0.4 is 11.1 Å². The Morgan fingerprint density at radius 2 is 2.33 bits per heavy atom. The Kier molecular flexibility index (Phi) is 4.59. The summed E-state index contributed by atoms with van der Waals surface area (Å²) in [4.78, 5) is 16.4. The van der Waals surface area contributed by atoms with Gasteiger partial charge in [0.2, 0.25) is 5.91 Å². The van der Waals surface area contributed by atoms with E-state index in [1.54, 1.807) is 11.3 Å². The maximum atomic E-state index is 11.4. The highest BCUT2D eigenvalue weighted by Crippen LogP contribution is 2.27. The van der Waals surface area contributed by atoms with Crippen molar-refractivity contribution in [1.82, 2.24) is 10.2 Å². The van der Waals surface area contributed by atoms with Crippen molar-refractivity contribution >= 4 is 17.2 Å². The van der Waals surface area contributed by atoms with Crippen molar-refractivity contribution in [3.05, 3.63) is 21.9 Å². The number of nitrogens with two attached hydrogens (primary N) is 1. The first kappa shape index (κ1) is 14.6. The van der Waals surface area contributed by atoms with Gasteiger partial charge >= 0.3 is 0 Å². The van der Waals surface area contributed by atoms with E-state index in [-0.39, 0.29) is 5.91 Å². The predicted molar refractivity (Wildman–Crippen MR) is 84.8 cm³/mol. The lowest BCUT2D eigenvalue weighted by molar-refractivity contribution is -0.125. The molecule has 2 aliphatic heterocycles. The summed E-state index contributed by atoms with van der Waals surface area (Å²) in [6.07, 6.45) is 2.79. The Morgan fingerprint density at radius 3 is 3.19 bits per heavy atom. The lowest BCUT2D eigenvalue weighted by Crippen LogP contribution is -2.53. The molecule has 1 aromatic heterocycles. The van der Waals surface area contributed by atoms with E-state index in [1.807, 2.05) is 0 Å². The molecule has 0 saturated carbocycles. The predicted octanol–water partition coefficient (Wildman–Crippen LogP) is 1.16. The quantitative estimate of drug-likeness (QED) is 0.806. The number of thiophene rings is 1. The van der Waals surface area contributed by atoms with Crippen molar-refractivity contribution in [2.24, 2.45) is 11.7 Å². The van der Waals surface area contributed by atoms with E-state index < -0.39 is 0 Å². The summed E-state index contributed by atoms with van der Waals surface area (Å²) in [5.74, 6) is 6.83. The van der Waals surface area contributed by atoms with Gasteiger partial charge in [0.05, 0.1) is 11.4 Å². The van der Waals surface area contributed by atoms with Crippen LogP contribution in [0.3, 0.4) is 0 Å². The third-order valence-corrected chi connectivity index (χ3v) is 5.25. The van der Waals surface area contributed by atoms with E-state index in [9.17, 15) is 4.79 Å². The number of hydrogen-bond acceptors (Lipinski definition) is 4. The van der Waals surface area contributed by atoms with Crippen LogP contribution in [0.25, 0.3) is 0 Å². The third-order valence-electron chi connectivity index (χ3n) is 4.26. The fraction of sp³-hybridized carbons (Fsp3) is 0.562. The first-order chi connectivity index (χ1) is 10.2. The van der Waals surface area contributed by atoms with Gasteiger partial charge in [-0.15, -0.1) is 11.3 Å². The van der Waals surface area contributed by atoms with Crippen LogP contribution >= 0.6 is 11.3 Å². The van der Waals surface area contributed by atoms with E-state index in [1.165, 1.54) is 4.88 Å². The molecule has 3 rings (SSSR count). The third kappa shape index (κ3) is 3.65. The number of piperidine rings is 2. The molecule has 3 N–H and O–H groups in total. The van der Waals surface area contributed by atoms with Crippen LogP contribution in [0.1, 0.15) is 29.0 Å². The van der Waals surface area contributed by atoms with E-state index in [0.717, 1.165) is 37.4 Å². The Bertz CT molecular complexity index is 572. The van der Waals surface area contributed by atoms with Crippen molar-refractivity contribution < 1.29 is 4.79 Å². The van der Waals surface area contributed by atoms with Gasteiger partial charge in [-0.1, -0.05) is 11.8 Å². The van der Waals surface area contributed by atoms with Crippen molar-refractivity contribution in [3.8, 4) is 11.8 Å². The van der Waals surface area contributed by atoms with E-state index in [0.29, 0.717) is 24.9 Å². The standard InChI is InChI=1S/C16H21N3OS/c17-8-1-2-13-4-5-14(21-13)11-19-9-7-15-12(10-19)3-6-16(20)18-15/h4-5,12,15H,3,6-11,17H2,(H,18,20). The van der Waals surface area contributed by atoms with Gasteiger partial charge in [-0.3, -0.25) is 9.69 Å². The molecule has 4 nitrogen and oxygen atoms in total. The van der Waals surface area contributed by atoms with Crippen molar-refractivity contribution in [3.63, 3.8) is 0 Å². The van der Waals surface area contributed by atoms with Crippen LogP contribution in [-0.4, -0.2) is 36.5 Å². The molecule has 2 saturated heterocycles. The first-order valence-corrected chi connectivity index (χ1v) is 8.35. The van der Waals surface area contributed by atoms with Gasteiger partial charge in [-0.25, -0.2) is 0 Å². The van der Waals surface area contributed by atoms with Crippen LogP contribution in [0.15, 0.2) is 12.1 Å². The normalized spacial score (nSPS) is 25.7.